The highest BCUT2D eigenvalue weighted by molar-refractivity contribution is 5.55. The lowest BCUT2D eigenvalue weighted by atomic mass is 10.0. The van der Waals surface area contributed by atoms with Gasteiger partial charge in [0.1, 0.15) is 11.9 Å². The Bertz CT molecular complexity index is 763. The van der Waals surface area contributed by atoms with Crippen molar-refractivity contribution in [2.75, 3.05) is 18.5 Å². The van der Waals surface area contributed by atoms with Crippen LogP contribution in [0.4, 0.5) is 19.0 Å². The average molecular weight is 351 g/mol. The van der Waals surface area contributed by atoms with Gasteiger partial charge in [-0.2, -0.15) is 18.3 Å². The Kier molecular flexibility index (Phi) is 4.19. The van der Waals surface area contributed by atoms with E-state index >= 15 is 0 Å². The van der Waals surface area contributed by atoms with E-state index in [0.717, 1.165) is 67.9 Å². The van der Waals surface area contributed by atoms with Crippen molar-refractivity contribution < 1.29 is 17.9 Å². The molecule has 3 heterocycles. The molecule has 1 fully saturated rings. The summed E-state index contributed by atoms with van der Waals surface area (Å²) in [4.78, 5) is 0. The van der Waals surface area contributed by atoms with Crippen molar-refractivity contribution in [3.8, 4) is 5.69 Å². The van der Waals surface area contributed by atoms with Gasteiger partial charge in [-0.15, -0.1) is 0 Å². The number of benzene rings is 1. The van der Waals surface area contributed by atoms with Crippen LogP contribution < -0.4 is 5.32 Å². The molecule has 1 aromatic carbocycles. The van der Waals surface area contributed by atoms with Crippen LogP contribution in [0, 0.1) is 0 Å². The van der Waals surface area contributed by atoms with E-state index in [1.807, 2.05) is 0 Å². The maximum absolute atomic E-state index is 13.1. The summed E-state index contributed by atoms with van der Waals surface area (Å²) >= 11 is 0. The molecule has 4 rings (SSSR count). The molecule has 134 valence electrons. The highest BCUT2D eigenvalue weighted by Crippen LogP contribution is 2.37. The van der Waals surface area contributed by atoms with Gasteiger partial charge in [0, 0.05) is 18.7 Å². The third-order valence-corrected chi connectivity index (χ3v) is 4.81. The van der Waals surface area contributed by atoms with Crippen molar-refractivity contribution in [3.05, 3.63) is 41.1 Å². The Balaban J connectivity index is 1.82. The fourth-order valence-corrected chi connectivity index (χ4v) is 3.58. The Labute approximate surface area is 144 Å². The summed E-state index contributed by atoms with van der Waals surface area (Å²) in [6.07, 6.45) is 0.410. The lowest BCUT2D eigenvalue weighted by Crippen LogP contribution is -2.10. The maximum Gasteiger partial charge on any atom is 0.416 e. The molecule has 1 N–H and O–H groups in total. The van der Waals surface area contributed by atoms with Gasteiger partial charge >= 0.3 is 6.18 Å². The quantitative estimate of drug-likeness (QED) is 0.866. The van der Waals surface area contributed by atoms with Gasteiger partial charge in [-0.1, -0.05) is 6.07 Å². The summed E-state index contributed by atoms with van der Waals surface area (Å²) < 4.78 is 46.6. The van der Waals surface area contributed by atoms with E-state index < -0.39 is 11.7 Å². The van der Waals surface area contributed by atoms with Gasteiger partial charge in [-0.3, -0.25) is 0 Å². The number of alkyl halides is 3. The fraction of sp³-hybridized carbons (Fsp3) is 0.500. The Morgan fingerprint density at radius 3 is 2.84 bits per heavy atom. The summed E-state index contributed by atoms with van der Waals surface area (Å²) in [5, 5.41) is 8.03. The third kappa shape index (κ3) is 3.13. The van der Waals surface area contributed by atoms with Crippen molar-refractivity contribution in [2.45, 2.75) is 44.4 Å². The number of aromatic nitrogens is 2. The molecule has 2 aliphatic heterocycles. The van der Waals surface area contributed by atoms with Crippen LogP contribution in [0.1, 0.15) is 48.6 Å². The lowest BCUT2D eigenvalue weighted by Gasteiger charge is -2.12. The molecule has 0 spiro atoms. The van der Waals surface area contributed by atoms with Crippen LogP contribution >= 0.6 is 0 Å². The predicted octanol–water partition coefficient (Wildman–Crippen LogP) is 4.49. The van der Waals surface area contributed by atoms with E-state index in [0.29, 0.717) is 12.3 Å². The summed E-state index contributed by atoms with van der Waals surface area (Å²) in [5.74, 6) is 0.808. The van der Waals surface area contributed by atoms with Gasteiger partial charge < -0.3 is 10.1 Å². The first kappa shape index (κ1) is 16.4. The topological polar surface area (TPSA) is 39.1 Å². The number of nitrogens with one attached hydrogen (secondary N) is 1. The first-order valence-electron chi connectivity index (χ1n) is 8.69. The van der Waals surface area contributed by atoms with Crippen LogP contribution in [0.25, 0.3) is 5.69 Å². The molecule has 1 saturated heterocycles. The van der Waals surface area contributed by atoms with Gasteiger partial charge in [0.25, 0.3) is 0 Å². The summed E-state index contributed by atoms with van der Waals surface area (Å²) in [6.45, 7) is 1.51. The molecule has 2 aliphatic rings. The van der Waals surface area contributed by atoms with Crippen molar-refractivity contribution in [2.24, 2.45) is 0 Å². The van der Waals surface area contributed by atoms with Crippen LogP contribution in [0.2, 0.25) is 0 Å². The molecule has 1 unspecified atom stereocenters. The van der Waals surface area contributed by atoms with E-state index in [-0.39, 0.29) is 6.10 Å². The van der Waals surface area contributed by atoms with Crippen LogP contribution in [-0.4, -0.2) is 22.9 Å². The molecular formula is C18H20F3N3O. The molecule has 0 bridgehead atoms. The number of anilines is 1. The zero-order valence-corrected chi connectivity index (χ0v) is 13.8. The normalized spacial score (nSPS) is 20.8. The number of fused-ring (bicyclic) bond motifs is 1. The van der Waals surface area contributed by atoms with Crippen LogP contribution in [0.15, 0.2) is 24.3 Å². The monoisotopic (exact) mass is 351 g/mol. The lowest BCUT2D eigenvalue weighted by molar-refractivity contribution is -0.137. The van der Waals surface area contributed by atoms with Crippen LogP contribution in [0.3, 0.4) is 0 Å². The highest BCUT2D eigenvalue weighted by atomic mass is 19.4. The minimum Gasteiger partial charge on any atom is -0.372 e. The van der Waals surface area contributed by atoms with Gasteiger partial charge in [-0.25, -0.2) is 4.68 Å². The molecule has 0 radical (unpaired) electrons. The largest absolute Gasteiger partial charge is 0.416 e. The molecule has 0 aliphatic carbocycles. The van der Waals surface area contributed by atoms with E-state index in [4.69, 9.17) is 4.74 Å². The molecule has 1 atom stereocenters. The van der Waals surface area contributed by atoms with E-state index in [2.05, 4.69) is 10.4 Å². The minimum absolute atomic E-state index is 0.0549. The van der Waals surface area contributed by atoms with E-state index in [9.17, 15) is 13.2 Å². The molecule has 7 heteroatoms. The predicted molar refractivity (Wildman–Crippen MR) is 87.9 cm³/mol. The average Bonchev–Trinajstić information content (AvgIpc) is 3.16. The minimum atomic E-state index is -4.37. The first-order valence-corrected chi connectivity index (χ1v) is 8.69. The van der Waals surface area contributed by atoms with E-state index in [1.54, 1.807) is 10.7 Å². The number of halogens is 3. The highest BCUT2D eigenvalue weighted by Gasteiger charge is 2.32. The molecule has 0 saturated carbocycles. The number of rotatable bonds is 2. The first-order chi connectivity index (χ1) is 12.0. The van der Waals surface area contributed by atoms with Crippen LogP contribution in [-0.2, 0) is 17.3 Å². The summed E-state index contributed by atoms with van der Waals surface area (Å²) in [7, 11) is 0. The molecular weight excluding hydrogens is 331 g/mol. The molecule has 1 aromatic heterocycles. The van der Waals surface area contributed by atoms with Crippen molar-refractivity contribution in [1.82, 2.24) is 9.78 Å². The number of hydrogen-bond acceptors (Lipinski definition) is 3. The number of ether oxygens (including phenoxy) is 1. The Hall–Kier alpha value is -2.02. The van der Waals surface area contributed by atoms with Crippen LogP contribution in [0.5, 0.6) is 0 Å². The number of hydrogen-bond donors (Lipinski definition) is 1. The Morgan fingerprint density at radius 1 is 1.20 bits per heavy atom. The standard InChI is InChI=1S/C18H20F3N3O/c19-18(20,21)12-5-3-6-13(11-12)24-17-14(7-1-2-9-22-17)16(23-24)15-8-4-10-25-15/h3,5-6,11,15,22H,1-2,4,7-10H2. The SMILES string of the molecule is FC(F)(F)c1cccc(-n2nc(C3CCCO3)c3c2NCCCC3)c1. The van der Waals surface area contributed by atoms with Crippen molar-refractivity contribution in [3.63, 3.8) is 0 Å². The second kappa shape index (κ2) is 6.37. The third-order valence-electron chi connectivity index (χ3n) is 4.81. The molecule has 0 amide bonds. The number of nitrogens with zero attached hydrogens (tertiary/aromatic N) is 2. The van der Waals surface area contributed by atoms with Gasteiger partial charge in [0.2, 0.25) is 0 Å². The zero-order valence-electron chi connectivity index (χ0n) is 13.8. The van der Waals surface area contributed by atoms with Gasteiger partial charge in [-0.05, 0) is 50.3 Å². The smallest absolute Gasteiger partial charge is 0.372 e. The maximum atomic E-state index is 13.1. The second-order valence-corrected chi connectivity index (χ2v) is 6.56. The second-order valence-electron chi connectivity index (χ2n) is 6.56. The Morgan fingerprint density at radius 2 is 2.08 bits per heavy atom. The fourth-order valence-electron chi connectivity index (χ4n) is 3.58. The molecule has 25 heavy (non-hydrogen) atoms. The summed E-state index contributed by atoms with van der Waals surface area (Å²) in [6, 6.07) is 5.32. The van der Waals surface area contributed by atoms with Gasteiger partial charge in [0.15, 0.2) is 0 Å². The molecule has 2 aromatic rings. The van der Waals surface area contributed by atoms with E-state index in [1.165, 1.54) is 6.07 Å². The zero-order chi connectivity index (χ0) is 17.4. The van der Waals surface area contributed by atoms with Crippen molar-refractivity contribution in [1.29, 1.82) is 0 Å². The van der Waals surface area contributed by atoms with Crippen molar-refractivity contribution >= 4 is 5.82 Å². The summed E-state index contributed by atoms with van der Waals surface area (Å²) in [5.41, 5.74) is 1.72. The molecule has 4 nitrogen and oxygen atoms in total. The van der Waals surface area contributed by atoms with Gasteiger partial charge in [0.05, 0.1) is 16.9 Å².